The number of halogens is 1. The van der Waals surface area contributed by atoms with Gasteiger partial charge in [0.2, 0.25) is 0 Å². The lowest BCUT2D eigenvalue weighted by molar-refractivity contribution is 0.342. The van der Waals surface area contributed by atoms with Crippen LogP contribution >= 0.6 is 11.6 Å². The molecule has 0 N–H and O–H groups in total. The van der Waals surface area contributed by atoms with Gasteiger partial charge in [-0.3, -0.25) is 0 Å². The molecule has 0 aliphatic rings. The lowest BCUT2D eigenvalue weighted by atomic mass is 10.2. The first-order valence-electron chi connectivity index (χ1n) is 4.52. The largest absolute Gasteiger partial charge is 0.492 e. The second kappa shape index (κ2) is 4.36. The summed E-state index contributed by atoms with van der Waals surface area (Å²) in [6.45, 7) is 0.435. The fourth-order valence-electron chi connectivity index (χ4n) is 1.29. The molecule has 1 aromatic carbocycles. The summed E-state index contributed by atoms with van der Waals surface area (Å²) in [4.78, 5) is 11.0. The van der Waals surface area contributed by atoms with Crippen molar-refractivity contribution in [1.29, 1.82) is 0 Å². The Balaban J connectivity index is 2.40. The van der Waals surface area contributed by atoms with Crippen molar-refractivity contribution in [3.05, 3.63) is 40.8 Å². The molecular weight excluding hydrogens is 216 g/mol. The first-order valence-corrected chi connectivity index (χ1v) is 5.06. The molecule has 0 amide bonds. The second-order valence-corrected chi connectivity index (χ2v) is 3.37. The van der Waals surface area contributed by atoms with E-state index >= 15 is 0 Å². The van der Waals surface area contributed by atoms with Crippen molar-refractivity contribution in [2.24, 2.45) is 0 Å². The van der Waals surface area contributed by atoms with Crippen molar-refractivity contribution in [3.63, 3.8) is 0 Å². The number of alkyl halides is 1. The normalized spacial score (nSPS) is 10.5. The highest BCUT2D eigenvalue weighted by molar-refractivity contribution is 6.18. The third-order valence-electron chi connectivity index (χ3n) is 1.94. The minimum atomic E-state index is -0.364. The quantitative estimate of drug-likeness (QED) is 0.594. The zero-order valence-electron chi connectivity index (χ0n) is 7.90. The molecule has 78 valence electrons. The average Bonchev–Trinajstić information content (AvgIpc) is 2.25. The minimum absolute atomic E-state index is 0.364. The monoisotopic (exact) mass is 224 g/mol. The lowest BCUT2D eigenvalue weighted by Gasteiger charge is -2.03. The number of rotatable bonds is 3. The van der Waals surface area contributed by atoms with Gasteiger partial charge < -0.3 is 9.15 Å². The molecule has 4 heteroatoms. The van der Waals surface area contributed by atoms with Gasteiger partial charge in [-0.25, -0.2) is 4.79 Å². The van der Waals surface area contributed by atoms with Crippen LogP contribution < -0.4 is 10.4 Å². The van der Waals surface area contributed by atoms with Crippen LogP contribution in [0.1, 0.15) is 0 Å². The number of ether oxygens (including phenoxy) is 1. The van der Waals surface area contributed by atoms with E-state index in [0.717, 1.165) is 5.39 Å². The second-order valence-electron chi connectivity index (χ2n) is 2.99. The summed E-state index contributed by atoms with van der Waals surface area (Å²) in [5.74, 6) is 1.08. The Labute approximate surface area is 91.2 Å². The van der Waals surface area contributed by atoms with E-state index < -0.39 is 0 Å². The molecule has 0 aliphatic carbocycles. The molecule has 0 aliphatic heterocycles. The molecule has 1 aromatic heterocycles. The van der Waals surface area contributed by atoms with Crippen molar-refractivity contribution >= 4 is 22.6 Å². The predicted molar refractivity (Wildman–Crippen MR) is 58.7 cm³/mol. The summed E-state index contributed by atoms with van der Waals surface area (Å²) in [5.41, 5.74) is 0.159. The van der Waals surface area contributed by atoms with Crippen molar-refractivity contribution in [2.45, 2.75) is 0 Å². The molecule has 0 fully saturated rings. The highest BCUT2D eigenvalue weighted by Gasteiger charge is 1.99. The molecule has 0 spiro atoms. The molecule has 1 heterocycles. The Morgan fingerprint density at radius 1 is 1.27 bits per heavy atom. The van der Waals surface area contributed by atoms with E-state index in [2.05, 4.69) is 0 Å². The third kappa shape index (κ3) is 2.30. The molecule has 2 aromatic rings. The fourth-order valence-corrected chi connectivity index (χ4v) is 1.36. The van der Waals surface area contributed by atoms with Crippen molar-refractivity contribution < 1.29 is 9.15 Å². The topological polar surface area (TPSA) is 39.4 Å². The standard InChI is InChI=1S/C11H9ClO3/c12-5-6-14-9-3-1-8-2-4-11(13)15-10(8)7-9/h1-4,7H,5-6H2. The number of hydrogen-bond acceptors (Lipinski definition) is 3. The molecule has 3 nitrogen and oxygen atoms in total. The molecule has 0 radical (unpaired) electrons. The van der Waals surface area contributed by atoms with Crippen LogP contribution in [0.25, 0.3) is 11.0 Å². The summed E-state index contributed by atoms with van der Waals surface area (Å²) in [7, 11) is 0. The van der Waals surface area contributed by atoms with Gasteiger partial charge in [0.05, 0.1) is 5.88 Å². The van der Waals surface area contributed by atoms with E-state index in [1.807, 2.05) is 12.1 Å². The highest BCUT2D eigenvalue weighted by Crippen LogP contribution is 2.19. The minimum Gasteiger partial charge on any atom is -0.492 e. The number of hydrogen-bond donors (Lipinski definition) is 0. The maximum atomic E-state index is 11.0. The molecule has 2 rings (SSSR count). The van der Waals surface area contributed by atoms with E-state index in [1.165, 1.54) is 6.07 Å². The lowest BCUT2D eigenvalue weighted by Crippen LogP contribution is -1.98. The van der Waals surface area contributed by atoms with Gasteiger partial charge in [-0.2, -0.15) is 0 Å². The van der Waals surface area contributed by atoms with Crippen LogP contribution in [0, 0.1) is 0 Å². The van der Waals surface area contributed by atoms with Crippen LogP contribution in [-0.4, -0.2) is 12.5 Å². The molecule has 15 heavy (non-hydrogen) atoms. The van der Waals surface area contributed by atoms with E-state index in [0.29, 0.717) is 23.8 Å². The van der Waals surface area contributed by atoms with Gasteiger partial charge in [-0.15, -0.1) is 11.6 Å². The fraction of sp³-hybridized carbons (Fsp3) is 0.182. The van der Waals surface area contributed by atoms with E-state index in [9.17, 15) is 4.79 Å². The van der Waals surface area contributed by atoms with Crippen LogP contribution in [-0.2, 0) is 0 Å². The Morgan fingerprint density at radius 2 is 2.07 bits per heavy atom. The zero-order valence-corrected chi connectivity index (χ0v) is 8.66. The van der Waals surface area contributed by atoms with Crippen molar-refractivity contribution in [3.8, 4) is 5.75 Å². The Bertz CT molecular complexity index is 518. The summed E-state index contributed by atoms with van der Waals surface area (Å²) in [6, 6.07) is 8.44. The Morgan fingerprint density at radius 3 is 2.87 bits per heavy atom. The highest BCUT2D eigenvalue weighted by atomic mass is 35.5. The van der Waals surface area contributed by atoms with Crippen LogP contribution in [0.4, 0.5) is 0 Å². The van der Waals surface area contributed by atoms with Gasteiger partial charge in [0.15, 0.2) is 0 Å². The van der Waals surface area contributed by atoms with Gasteiger partial charge in [-0.1, -0.05) is 0 Å². The molecule has 0 atom stereocenters. The third-order valence-corrected chi connectivity index (χ3v) is 2.09. The van der Waals surface area contributed by atoms with Crippen LogP contribution in [0.15, 0.2) is 39.5 Å². The molecule has 0 bridgehead atoms. The summed E-state index contributed by atoms with van der Waals surface area (Å²) < 4.78 is 10.3. The van der Waals surface area contributed by atoms with E-state index in [1.54, 1.807) is 12.1 Å². The summed E-state index contributed by atoms with van der Waals surface area (Å²) in [5, 5.41) is 0.868. The average molecular weight is 225 g/mol. The van der Waals surface area contributed by atoms with Crippen molar-refractivity contribution in [2.75, 3.05) is 12.5 Å². The summed E-state index contributed by atoms with van der Waals surface area (Å²) >= 11 is 5.50. The maximum Gasteiger partial charge on any atom is 0.336 e. The maximum absolute atomic E-state index is 11.0. The van der Waals surface area contributed by atoms with Crippen molar-refractivity contribution in [1.82, 2.24) is 0 Å². The number of fused-ring (bicyclic) bond motifs is 1. The Kier molecular flexibility index (Phi) is 2.92. The van der Waals surface area contributed by atoms with Crippen LogP contribution in [0.5, 0.6) is 5.75 Å². The summed E-state index contributed by atoms with van der Waals surface area (Å²) in [6.07, 6.45) is 0. The van der Waals surface area contributed by atoms with Gasteiger partial charge in [0.25, 0.3) is 0 Å². The van der Waals surface area contributed by atoms with Gasteiger partial charge >= 0.3 is 5.63 Å². The Hall–Kier alpha value is -1.48. The molecule has 0 saturated heterocycles. The molecule has 0 saturated carbocycles. The van der Waals surface area contributed by atoms with E-state index in [-0.39, 0.29) is 5.63 Å². The van der Waals surface area contributed by atoms with Crippen LogP contribution in [0.3, 0.4) is 0 Å². The van der Waals surface area contributed by atoms with Gasteiger partial charge in [0.1, 0.15) is 17.9 Å². The first kappa shape index (κ1) is 10.1. The van der Waals surface area contributed by atoms with Gasteiger partial charge in [0, 0.05) is 17.5 Å². The molecular formula is C11H9ClO3. The molecule has 0 unspecified atom stereocenters. The van der Waals surface area contributed by atoms with Crippen LogP contribution in [0.2, 0.25) is 0 Å². The van der Waals surface area contributed by atoms with Gasteiger partial charge in [-0.05, 0) is 18.2 Å². The number of benzene rings is 1. The first-order chi connectivity index (χ1) is 7.29. The predicted octanol–water partition coefficient (Wildman–Crippen LogP) is 2.41. The zero-order chi connectivity index (χ0) is 10.7. The smallest absolute Gasteiger partial charge is 0.336 e. The van der Waals surface area contributed by atoms with E-state index in [4.69, 9.17) is 20.8 Å². The SMILES string of the molecule is O=c1ccc2ccc(OCCCl)cc2o1.